The summed E-state index contributed by atoms with van der Waals surface area (Å²) in [7, 11) is 5.97. The van der Waals surface area contributed by atoms with Crippen LogP contribution in [0.5, 0.6) is 0 Å². The van der Waals surface area contributed by atoms with Gasteiger partial charge < -0.3 is 28.5 Å². The summed E-state index contributed by atoms with van der Waals surface area (Å²) < 4.78 is 23.0. The van der Waals surface area contributed by atoms with Crippen LogP contribution in [0, 0.1) is 0 Å². The van der Waals surface area contributed by atoms with Gasteiger partial charge in [0.15, 0.2) is 6.10 Å². The van der Waals surface area contributed by atoms with Crippen LogP contribution in [0.1, 0.15) is 296 Å². The Morgan fingerprint density at radius 3 is 0.941 bits per heavy atom. The number of rotatable bonds is 64. The third kappa shape index (κ3) is 67.3. The van der Waals surface area contributed by atoms with Gasteiger partial charge in [-0.05, 0) is 96.3 Å². The summed E-state index contributed by atoms with van der Waals surface area (Å²) in [4.78, 5) is 37.6. The second-order valence-corrected chi connectivity index (χ2v) is 24.4. The first-order chi connectivity index (χ1) is 41.6. The predicted octanol–water partition coefficient (Wildman–Crippen LogP) is 21.8. The number of ether oxygens (including phenoxy) is 4. The smallest absolute Gasteiger partial charge is 0.361 e. The lowest BCUT2D eigenvalue weighted by Crippen LogP contribution is -2.40. The number of esters is 2. The summed E-state index contributed by atoms with van der Waals surface area (Å²) in [5.74, 6) is -2.01. The average Bonchev–Trinajstić information content (AvgIpc) is 3.49. The first kappa shape index (κ1) is 81.0. The Morgan fingerprint density at radius 1 is 0.353 bits per heavy atom. The number of likely N-dealkylation sites (N-methyl/N-ethyl adjacent to an activating group) is 1. The number of carboxylic acids is 1. The van der Waals surface area contributed by atoms with Crippen molar-refractivity contribution in [1.29, 1.82) is 0 Å². The van der Waals surface area contributed by atoms with Gasteiger partial charge >= 0.3 is 17.9 Å². The summed E-state index contributed by atoms with van der Waals surface area (Å²) in [6, 6.07) is 0. The topological polar surface area (TPSA) is 108 Å². The van der Waals surface area contributed by atoms with Crippen LogP contribution >= 0.6 is 0 Å². The number of carboxylic acid groups (broad SMARTS) is 1. The van der Waals surface area contributed by atoms with E-state index in [9.17, 15) is 19.5 Å². The highest BCUT2D eigenvalue weighted by molar-refractivity contribution is 5.71. The number of carbonyl (C=O) groups is 3. The number of allylic oxidation sites excluding steroid dienone is 18. The largest absolute Gasteiger partial charge is 0.477 e. The Morgan fingerprint density at radius 2 is 0.635 bits per heavy atom. The van der Waals surface area contributed by atoms with Crippen molar-refractivity contribution in [3.05, 3.63) is 109 Å². The minimum absolute atomic E-state index is 0.183. The Balaban J connectivity index is 4.08. The molecule has 85 heavy (non-hydrogen) atoms. The van der Waals surface area contributed by atoms with Gasteiger partial charge in [-0.2, -0.15) is 0 Å². The molecule has 0 spiro atoms. The second kappa shape index (κ2) is 65.9. The van der Waals surface area contributed by atoms with Crippen molar-refractivity contribution in [3.63, 3.8) is 0 Å². The zero-order valence-corrected chi connectivity index (χ0v) is 55.7. The fraction of sp³-hybridized carbons (Fsp3) is 0.724. The third-order valence-corrected chi connectivity index (χ3v) is 15.0. The van der Waals surface area contributed by atoms with Gasteiger partial charge in [-0.25, -0.2) is 4.79 Å². The van der Waals surface area contributed by atoms with Crippen LogP contribution in [0.15, 0.2) is 109 Å². The molecule has 0 saturated carbocycles. The van der Waals surface area contributed by atoms with Crippen LogP contribution in [-0.2, 0) is 33.3 Å². The molecule has 0 aromatic heterocycles. The maximum atomic E-state index is 12.9. The molecule has 0 bridgehead atoms. The van der Waals surface area contributed by atoms with E-state index in [2.05, 4.69) is 123 Å². The minimum atomic E-state index is -1.52. The molecule has 0 fully saturated rings. The lowest BCUT2D eigenvalue weighted by atomic mass is 10.0. The molecule has 0 heterocycles. The zero-order chi connectivity index (χ0) is 61.9. The molecule has 488 valence electrons. The summed E-state index contributed by atoms with van der Waals surface area (Å²) in [5.41, 5.74) is 0. The number of unbranched alkanes of at least 4 members (excludes halogenated alkanes) is 31. The van der Waals surface area contributed by atoms with E-state index in [0.717, 1.165) is 103 Å². The van der Waals surface area contributed by atoms with Gasteiger partial charge in [0.1, 0.15) is 13.2 Å². The molecule has 0 aromatic carbocycles. The van der Waals surface area contributed by atoms with E-state index in [1.807, 2.05) is 21.1 Å². The molecular weight excluding hydrogens is 1050 g/mol. The number of carbonyl (C=O) groups excluding carboxylic acids is 2. The van der Waals surface area contributed by atoms with Gasteiger partial charge in [0.2, 0.25) is 0 Å². The maximum absolute atomic E-state index is 12.9. The van der Waals surface area contributed by atoms with Gasteiger partial charge in [0.25, 0.3) is 6.29 Å². The fourth-order valence-electron chi connectivity index (χ4n) is 9.74. The molecule has 1 N–H and O–H groups in total. The first-order valence-electron chi connectivity index (χ1n) is 35.1. The van der Waals surface area contributed by atoms with Crippen molar-refractivity contribution < 1.29 is 42.9 Å². The summed E-state index contributed by atoms with van der Waals surface area (Å²) >= 11 is 0. The average molecular weight is 1190 g/mol. The molecule has 2 unspecified atom stereocenters. The number of nitrogens with zero attached hydrogens (tertiary/aromatic N) is 1. The van der Waals surface area contributed by atoms with Crippen molar-refractivity contribution in [2.24, 2.45) is 0 Å². The SMILES string of the molecule is CC/C=C\C/C=C\C/C=C\C/C=C\C/C=C\CCCCCCCCCCCC(=O)OC(COC(=O)CCCCCCCCCCCCCCCCCCCCCCCC/C=C\C/C=C\C/C=C\C/C=C\CC)COC(OCC[N+](C)(C)C)C(=O)O. The van der Waals surface area contributed by atoms with E-state index in [4.69, 9.17) is 18.9 Å². The number of hydrogen-bond donors (Lipinski definition) is 1. The summed E-state index contributed by atoms with van der Waals surface area (Å²) in [6.45, 7) is 4.67. The van der Waals surface area contributed by atoms with Crippen LogP contribution < -0.4 is 0 Å². The predicted molar refractivity (Wildman–Crippen MR) is 364 cm³/mol. The highest BCUT2D eigenvalue weighted by Gasteiger charge is 2.25. The van der Waals surface area contributed by atoms with E-state index in [1.165, 1.54) is 161 Å². The van der Waals surface area contributed by atoms with Crippen molar-refractivity contribution in [2.75, 3.05) is 47.5 Å². The molecule has 0 amide bonds. The van der Waals surface area contributed by atoms with Crippen LogP contribution in [0.25, 0.3) is 0 Å². The van der Waals surface area contributed by atoms with Crippen molar-refractivity contribution in [2.45, 2.75) is 309 Å². The quantitative estimate of drug-likeness (QED) is 0.0211. The Labute approximate surface area is 524 Å². The lowest BCUT2D eigenvalue weighted by Gasteiger charge is -2.25. The molecule has 0 aliphatic heterocycles. The molecule has 0 aliphatic rings. The standard InChI is InChI=1S/C76H131NO8/c1-6-8-10-12-14-16-18-20-22-24-26-28-30-32-33-34-35-36-37-38-39-40-41-43-44-46-48-50-52-54-56-58-60-62-64-66-73(78)83-70-72(71-84-76(75(80)81)82-69-68-77(3,4)5)85-74(79)67-65-63-61-59-57-55-53-51-49-47-45-42-31-29-27-25-23-21-19-17-15-13-11-9-7-2/h8-11,14-17,20-23,26-29,42,45,72,76H,6-7,12-13,18-19,24-25,30-41,43-44,46-71H2,1-5H3/p+1/b10-8-,11-9-,16-14-,17-15-,22-20-,23-21-,28-26-,29-27-,45-42-. The van der Waals surface area contributed by atoms with Gasteiger partial charge in [0.05, 0.1) is 34.4 Å². The molecule has 9 heteroatoms. The molecule has 0 aliphatic carbocycles. The molecule has 2 atom stereocenters. The van der Waals surface area contributed by atoms with E-state index >= 15 is 0 Å². The Kier molecular flexibility index (Phi) is 62.8. The maximum Gasteiger partial charge on any atom is 0.361 e. The third-order valence-electron chi connectivity index (χ3n) is 15.0. The van der Waals surface area contributed by atoms with Crippen molar-refractivity contribution in [1.82, 2.24) is 0 Å². The van der Waals surface area contributed by atoms with Crippen LogP contribution in [-0.4, -0.2) is 87.4 Å². The summed E-state index contributed by atoms with van der Waals surface area (Å²) in [6.07, 6.45) is 89.2. The molecule has 0 radical (unpaired) electrons. The van der Waals surface area contributed by atoms with Crippen LogP contribution in [0.2, 0.25) is 0 Å². The fourth-order valence-corrected chi connectivity index (χ4v) is 9.74. The normalized spacial score (nSPS) is 13.4. The van der Waals surface area contributed by atoms with Gasteiger partial charge in [0, 0.05) is 12.8 Å². The minimum Gasteiger partial charge on any atom is -0.477 e. The van der Waals surface area contributed by atoms with Gasteiger partial charge in [-0.15, -0.1) is 0 Å². The lowest BCUT2D eigenvalue weighted by molar-refractivity contribution is -0.870. The van der Waals surface area contributed by atoms with E-state index < -0.39 is 24.3 Å². The van der Waals surface area contributed by atoms with Crippen molar-refractivity contribution >= 4 is 17.9 Å². The number of hydrogen-bond acceptors (Lipinski definition) is 7. The van der Waals surface area contributed by atoms with E-state index in [-0.39, 0.29) is 32.2 Å². The Bertz CT molecular complexity index is 1760. The van der Waals surface area contributed by atoms with E-state index in [0.29, 0.717) is 23.9 Å². The highest BCUT2D eigenvalue weighted by atomic mass is 16.7. The second-order valence-electron chi connectivity index (χ2n) is 24.4. The molecular formula is C76H132NO8+. The summed E-state index contributed by atoms with van der Waals surface area (Å²) in [5, 5.41) is 9.75. The molecule has 9 nitrogen and oxygen atoms in total. The van der Waals surface area contributed by atoms with Gasteiger partial charge in [-0.3, -0.25) is 9.59 Å². The highest BCUT2D eigenvalue weighted by Crippen LogP contribution is 2.18. The first-order valence-corrected chi connectivity index (χ1v) is 35.1. The molecule has 0 aromatic rings. The van der Waals surface area contributed by atoms with Crippen LogP contribution in [0.4, 0.5) is 0 Å². The van der Waals surface area contributed by atoms with E-state index in [1.54, 1.807) is 0 Å². The van der Waals surface area contributed by atoms with Crippen molar-refractivity contribution in [3.8, 4) is 0 Å². The number of aliphatic carboxylic acids is 1. The van der Waals surface area contributed by atoms with Crippen LogP contribution in [0.3, 0.4) is 0 Å². The zero-order valence-electron chi connectivity index (χ0n) is 55.7. The molecule has 0 rings (SSSR count). The monoisotopic (exact) mass is 1190 g/mol. The number of quaternary nitrogens is 1. The van der Waals surface area contributed by atoms with Gasteiger partial charge in [-0.1, -0.05) is 297 Å². The molecule has 0 saturated heterocycles. The Hall–Kier alpha value is -4.05.